The van der Waals surface area contributed by atoms with E-state index in [-0.39, 0.29) is 28.0 Å². The van der Waals surface area contributed by atoms with Crippen LogP contribution in [0.4, 0.5) is 13.2 Å². The zero-order chi connectivity index (χ0) is 23.6. The van der Waals surface area contributed by atoms with Gasteiger partial charge in [0.15, 0.2) is 0 Å². The minimum absolute atomic E-state index is 0.0518. The van der Waals surface area contributed by atoms with Crippen LogP contribution in [0.2, 0.25) is 10.0 Å². The van der Waals surface area contributed by atoms with E-state index >= 15 is 0 Å². The lowest BCUT2D eigenvalue weighted by Gasteiger charge is -2.17. The van der Waals surface area contributed by atoms with Crippen LogP contribution in [0.25, 0.3) is 10.9 Å². The molecular weight excluding hydrogens is 508 g/mol. The predicted molar refractivity (Wildman–Crippen MR) is 122 cm³/mol. The summed E-state index contributed by atoms with van der Waals surface area (Å²) >= 11 is 13.2. The molecule has 1 atom stereocenters. The summed E-state index contributed by atoms with van der Waals surface area (Å²) in [5, 5.41) is -0.193. The second-order valence-electron chi connectivity index (χ2n) is 6.60. The first-order valence-corrected chi connectivity index (χ1v) is 12.4. The maximum atomic E-state index is 13.7. The number of hydrogen-bond acceptors (Lipinski definition) is 5. The average Bonchev–Trinajstić information content (AvgIpc) is 2.74. The monoisotopic (exact) mass is 524 g/mol. The Kier molecular flexibility index (Phi) is 7.93. The molecule has 3 aromatic rings. The summed E-state index contributed by atoms with van der Waals surface area (Å²) in [5.74, 6) is 0.352. The summed E-state index contributed by atoms with van der Waals surface area (Å²) in [6, 6.07) is 5.50. The summed E-state index contributed by atoms with van der Waals surface area (Å²) in [4.78, 5) is 17.7. The first-order chi connectivity index (χ1) is 15.1. The van der Waals surface area contributed by atoms with Gasteiger partial charge in [0.2, 0.25) is 0 Å². The number of rotatable bonds is 7. The Labute approximate surface area is 198 Å². The number of nitrogens with zero attached hydrogens (tertiary/aromatic N) is 2. The highest BCUT2D eigenvalue weighted by Crippen LogP contribution is 2.38. The van der Waals surface area contributed by atoms with Crippen LogP contribution in [-0.2, 0) is 34.3 Å². The van der Waals surface area contributed by atoms with E-state index in [1.165, 1.54) is 6.33 Å². The molecule has 1 unspecified atom stereocenters. The molecule has 0 amide bonds. The highest BCUT2D eigenvalue weighted by Gasteiger charge is 2.36. The third-order valence-corrected chi connectivity index (χ3v) is 7.07. The van der Waals surface area contributed by atoms with E-state index in [2.05, 4.69) is 4.98 Å². The van der Waals surface area contributed by atoms with Gasteiger partial charge in [-0.05, 0) is 41.9 Å². The summed E-state index contributed by atoms with van der Waals surface area (Å²) in [6.07, 6.45) is -1.99. The topological polar surface area (TPSA) is 61.2 Å². The first kappa shape index (κ1) is 25.0. The van der Waals surface area contributed by atoms with Crippen molar-refractivity contribution >= 4 is 56.9 Å². The SMILES string of the molecule is CCS(=O)c1ccc(Cl)cc1Cn1cnc2c(Cl)c(COSC)c(C(F)(F)F)cc2c1=O. The van der Waals surface area contributed by atoms with Gasteiger partial charge in [-0.1, -0.05) is 30.1 Å². The normalized spacial score (nSPS) is 13.0. The molecule has 0 aliphatic heterocycles. The van der Waals surface area contributed by atoms with E-state index in [0.717, 1.165) is 22.7 Å². The average molecular weight is 525 g/mol. The molecule has 32 heavy (non-hydrogen) atoms. The van der Waals surface area contributed by atoms with E-state index in [0.29, 0.717) is 21.2 Å². The van der Waals surface area contributed by atoms with Crippen LogP contribution >= 0.6 is 35.2 Å². The molecule has 0 aliphatic carbocycles. The predicted octanol–water partition coefficient (Wildman–Crippen LogP) is 5.69. The van der Waals surface area contributed by atoms with Crippen molar-refractivity contribution in [3.63, 3.8) is 0 Å². The zero-order valence-corrected chi connectivity index (χ0v) is 20.0. The van der Waals surface area contributed by atoms with Gasteiger partial charge in [-0.25, -0.2) is 4.98 Å². The highest BCUT2D eigenvalue weighted by atomic mass is 35.5. The standard InChI is InChI=1S/C20H17Cl2F3N2O3S2/c1-3-32(29)16-5-4-12(21)6-11(16)8-27-10-26-18-13(19(27)28)7-15(20(23,24)25)14(17(18)22)9-30-31-2/h4-7,10H,3,8-9H2,1-2H3. The molecule has 1 aromatic heterocycles. The quantitative estimate of drug-likeness (QED) is 0.371. The molecular formula is C20H17Cl2F3N2O3S2. The van der Waals surface area contributed by atoms with Crippen molar-refractivity contribution in [2.45, 2.75) is 31.1 Å². The molecule has 0 aliphatic rings. The molecule has 0 bridgehead atoms. The second kappa shape index (κ2) is 10.1. The summed E-state index contributed by atoms with van der Waals surface area (Å²) < 4.78 is 59.6. The van der Waals surface area contributed by atoms with Crippen LogP contribution in [0.5, 0.6) is 0 Å². The van der Waals surface area contributed by atoms with Crippen molar-refractivity contribution in [3.8, 4) is 0 Å². The number of aromatic nitrogens is 2. The highest BCUT2D eigenvalue weighted by molar-refractivity contribution is 7.93. The lowest BCUT2D eigenvalue weighted by atomic mass is 10.0. The molecule has 0 fully saturated rings. The van der Waals surface area contributed by atoms with E-state index in [9.17, 15) is 22.2 Å². The maximum Gasteiger partial charge on any atom is 0.416 e. The molecule has 0 saturated heterocycles. The van der Waals surface area contributed by atoms with Crippen molar-refractivity contribution in [3.05, 3.63) is 67.7 Å². The number of halogens is 5. The Bertz CT molecular complexity index is 1250. The Morgan fingerprint density at radius 3 is 2.59 bits per heavy atom. The molecule has 0 radical (unpaired) electrons. The Balaban J connectivity index is 2.19. The minimum Gasteiger partial charge on any atom is -0.311 e. The summed E-state index contributed by atoms with van der Waals surface area (Å²) in [6.45, 7) is 1.28. The van der Waals surface area contributed by atoms with Crippen molar-refractivity contribution in [2.24, 2.45) is 0 Å². The third-order valence-electron chi connectivity index (χ3n) is 4.66. The molecule has 3 rings (SSSR count). The molecule has 12 heteroatoms. The van der Waals surface area contributed by atoms with Crippen LogP contribution in [0.3, 0.4) is 0 Å². The Hall–Kier alpha value is -1.59. The van der Waals surface area contributed by atoms with E-state index in [4.69, 9.17) is 27.4 Å². The molecule has 0 spiro atoms. The second-order valence-corrected chi connectivity index (χ2v) is 9.69. The van der Waals surface area contributed by atoms with Gasteiger partial charge < -0.3 is 4.18 Å². The van der Waals surface area contributed by atoms with Crippen molar-refractivity contribution in [2.75, 3.05) is 12.0 Å². The first-order valence-electron chi connectivity index (χ1n) is 9.18. The lowest BCUT2D eigenvalue weighted by molar-refractivity contribution is -0.138. The van der Waals surface area contributed by atoms with Crippen molar-refractivity contribution in [1.29, 1.82) is 0 Å². The minimum atomic E-state index is -4.75. The van der Waals surface area contributed by atoms with Gasteiger partial charge in [0.1, 0.15) is 0 Å². The summed E-state index contributed by atoms with van der Waals surface area (Å²) in [5.41, 5.74) is -1.61. The van der Waals surface area contributed by atoms with E-state index < -0.39 is 34.7 Å². The largest absolute Gasteiger partial charge is 0.416 e. The fourth-order valence-electron chi connectivity index (χ4n) is 3.16. The van der Waals surface area contributed by atoms with Crippen molar-refractivity contribution < 1.29 is 21.6 Å². The molecule has 172 valence electrons. The van der Waals surface area contributed by atoms with Crippen LogP contribution in [0.15, 0.2) is 40.3 Å². The van der Waals surface area contributed by atoms with Gasteiger partial charge in [0.25, 0.3) is 5.56 Å². The zero-order valence-electron chi connectivity index (χ0n) is 16.8. The molecule has 0 N–H and O–H groups in total. The lowest BCUT2D eigenvalue weighted by Crippen LogP contribution is -2.23. The van der Waals surface area contributed by atoms with Crippen LogP contribution < -0.4 is 5.56 Å². The molecule has 5 nitrogen and oxygen atoms in total. The molecule has 0 saturated carbocycles. The fraction of sp³-hybridized carbons (Fsp3) is 0.300. The van der Waals surface area contributed by atoms with Crippen molar-refractivity contribution in [1.82, 2.24) is 9.55 Å². The van der Waals surface area contributed by atoms with Gasteiger partial charge in [-0.2, -0.15) is 13.2 Å². The third kappa shape index (κ3) is 5.14. The number of fused-ring (bicyclic) bond motifs is 1. The Morgan fingerprint density at radius 2 is 1.97 bits per heavy atom. The molecule has 1 heterocycles. The van der Waals surface area contributed by atoms with E-state index in [1.54, 1.807) is 31.4 Å². The Morgan fingerprint density at radius 1 is 1.25 bits per heavy atom. The van der Waals surface area contributed by atoms with Crippen LogP contribution in [0.1, 0.15) is 23.6 Å². The fourth-order valence-corrected chi connectivity index (χ4v) is 4.84. The van der Waals surface area contributed by atoms with Crippen LogP contribution in [0, 0.1) is 0 Å². The number of hydrogen-bond donors (Lipinski definition) is 0. The number of alkyl halides is 3. The van der Waals surface area contributed by atoms with E-state index in [1.807, 2.05) is 0 Å². The summed E-state index contributed by atoms with van der Waals surface area (Å²) in [7, 11) is -1.32. The smallest absolute Gasteiger partial charge is 0.311 e. The maximum absolute atomic E-state index is 13.7. The van der Waals surface area contributed by atoms with Gasteiger partial charge >= 0.3 is 6.18 Å². The number of benzene rings is 2. The van der Waals surface area contributed by atoms with Crippen LogP contribution in [-0.4, -0.2) is 25.8 Å². The van der Waals surface area contributed by atoms with Gasteiger partial charge in [-0.3, -0.25) is 13.6 Å². The van der Waals surface area contributed by atoms with Gasteiger partial charge in [-0.15, -0.1) is 0 Å². The molecule has 2 aromatic carbocycles. The van der Waals surface area contributed by atoms with Gasteiger partial charge in [0, 0.05) is 27.5 Å². The van der Waals surface area contributed by atoms with Gasteiger partial charge in [0.05, 0.1) is 51.8 Å².